The van der Waals surface area contributed by atoms with Crippen LogP contribution in [0, 0.1) is 18.3 Å². The van der Waals surface area contributed by atoms with Gasteiger partial charge < -0.3 is 5.32 Å². The lowest BCUT2D eigenvalue weighted by Crippen LogP contribution is -1.94. The summed E-state index contributed by atoms with van der Waals surface area (Å²) in [6, 6.07) is 13.3. The maximum Gasteiger partial charge on any atom is 0.0992 e. The molecule has 0 radical (unpaired) electrons. The number of anilines is 2. The molecule has 0 aliphatic heterocycles. The fourth-order valence-electron chi connectivity index (χ4n) is 1.44. The van der Waals surface area contributed by atoms with Crippen LogP contribution in [0.1, 0.15) is 11.3 Å². The van der Waals surface area contributed by atoms with Gasteiger partial charge in [-0.05, 0) is 37.3 Å². The lowest BCUT2D eigenvalue weighted by molar-refractivity contribution is 1.20. The number of benzene rings is 1. The minimum absolute atomic E-state index is 0.645. The monoisotopic (exact) mass is 209 g/mol. The topological polar surface area (TPSA) is 48.7 Å². The summed E-state index contributed by atoms with van der Waals surface area (Å²) >= 11 is 0. The fourth-order valence-corrected chi connectivity index (χ4v) is 1.44. The highest BCUT2D eigenvalue weighted by Gasteiger charge is 1.99. The number of aromatic nitrogens is 1. The lowest BCUT2D eigenvalue weighted by Gasteiger charge is -2.08. The molecule has 78 valence electrons. The van der Waals surface area contributed by atoms with Crippen molar-refractivity contribution in [3.63, 3.8) is 0 Å². The highest BCUT2D eigenvalue weighted by Crippen LogP contribution is 2.19. The van der Waals surface area contributed by atoms with E-state index < -0.39 is 0 Å². The number of hydrogen-bond acceptors (Lipinski definition) is 3. The van der Waals surface area contributed by atoms with Crippen molar-refractivity contribution in [3.8, 4) is 6.07 Å². The van der Waals surface area contributed by atoms with Crippen LogP contribution in [-0.4, -0.2) is 4.98 Å². The third-order valence-electron chi connectivity index (χ3n) is 2.28. The van der Waals surface area contributed by atoms with E-state index in [-0.39, 0.29) is 0 Å². The smallest absolute Gasteiger partial charge is 0.0992 e. The molecule has 0 saturated carbocycles. The van der Waals surface area contributed by atoms with Gasteiger partial charge in [0.05, 0.1) is 23.0 Å². The average Bonchev–Trinajstić information content (AvgIpc) is 2.32. The molecule has 16 heavy (non-hydrogen) atoms. The van der Waals surface area contributed by atoms with Crippen LogP contribution in [0.3, 0.4) is 0 Å². The largest absolute Gasteiger partial charge is 0.354 e. The first-order chi connectivity index (χ1) is 7.79. The first kappa shape index (κ1) is 10.2. The molecule has 3 nitrogen and oxygen atoms in total. The van der Waals surface area contributed by atoms with E-state index in [1.165, 1.54) is 0 Å². The van der Waals surface area contributed by atoms with Gasteiger partial charge in [0.15, 0.2) is 0 Å². The van der Waals surface area contributed by atoms with Crippen molar-refractivity contribution in [1.82, 2.24) is 4.98 Å². The number of pyridine rings is 1. The molecule has 0 bridgehead atoms. The Kier molecular flexibility index (Phi) is 2.84. The second-order valence-electron chi connectivity index (χ2n) is 3.45. The van der Waals surface area contributed by atoms with Crippen LogP contribution in [-0.2, 0) is 0 Å². The summed E-state index contributed by atoms with van der Waals surface area (Å²) in [5.74, 6) is 0. The Morgan fingerprint density at radius 2 is 2.12 bits per heavy atom. The zero-order valence-corrected chi connectivity index (χ0v) is 8.94. The predicted molar refractivity (Wildman–Crippen MR) is 63.4 cm³/mol. The highest BCUT2D eigenvalue weighted by atomic mass is 14.9. The van der Waals surface area contributed by atoms with Crippen LogP contribution in [0.25, 0.3) is 0 Å². The Hall–Kier alpha value is -2.34. The Morgan fingerprint density at radius 3 is 2.88 bits per heavy atom. The Morgan fingerprint density at radius 1 is 1.25 bits per heavy atom. The molecule has 1 aromatic carbocycles. The van der Waals surface area contributed by atoms with Gasteiger partial charge in [-0.3, -0.25) is 4.98 Å². The van der Waals surface area contributed by atoms with Gasteiger partial charge in [0.2, 0.25) is 0 Å². The van der Waals surface area contributed by atoms with Crippen LogP contribution in [0.4, 0.5) is 11.4 Å². The summed E-state index contributed by atoms with van der Waals surface area (Å²) in [5, 5.41) is 12.0. The normalized spacial score (nSPS) is 9.50. The molecular weight excluding hydrogens is 198 g/mol. The summed E-state index contributed by atoms with van der Waals surface area (Å²) in [7, 11) is 0. The summed E-state index contributed by atoms with van der Waals surface area (Å²) in [5.41, 5.74) is 3.43. The number of hydrogen-bond donors (Lipinski definition) is 1. The van der Waals surface area contributed by atoms with Crippen molar-refractivity contribution < 1.29 is 0 Å². The van der Waals surface area contributed by atoms with E-state index in [4.69, 9.17) is 5.26 Å². The van der Waals surface area contributed by atoms with E-state index in [2.05, 4.69) is 16.4 Å². The molecule has 0 aliphatic rings. The fraction of sp³-hybridized carbons (Fsp3) is 0.0769. The van der Waals surface area contributed by atoms with E-state index in [1.807, 2.05) is 37.3 Å². The van der Waals surface area contributed by atoms with E-state index in [9.17, 15) is 0 Å². The molecular formula is C13H11N3. The van der Waals surface area contributed by atoms with Gasteiger partial charge in [0, 0.05) is 11.9 Å². The van der Waals surface area contributed by atoms with Crippen molar-refractivity contribution in [3.05, 3.63) is 53.9 Å². The van der Waals surface area contributed by atoms with Crippen molar-refractivity contribution in [2.75, 3.05) is 5.32 Å². The van der Waals surface area contributed by atoms with E-state index in [0.717, 1.165) is 17.1 Å². The zero-order chi connectivity index (χ0) is 11.4. The summed E-state index contributed by atoms with van der Waals surface area (Å²) in [6.45, 7) is 1.94. The molecule has 0 fully saturated rings. The number of nitriles is 1. The zero-order valence-electron chi connectivity index (χ0n) is 8.94. The summed E-state index contributed by atoms with van der Waals surface area (Å²) in [4.78, 5) is 4.19. The van der Waals surface area contributed by atoms with Crippen molar-refractivity contribution >= 4 is 11.4 Å². The van der Waals surface area contributed by atoms with Crippen LogP contribution in [0.5, 0.6) is 0 Å². The summed E-state index contributed by atoms with van der Waals surface area (Å²) in [6.07, 6.45) is 1.76. The molecule has 3 heteroatoms. The van der Waals surface area contributed by atoms with Gasteiger partial charge >= 0.3 is 0 Å². The average molecular weight is 209 g/mol. The SMILES string of the molecule is Cc1ncccc1Nc1cccc(C#N)c1. The maximum atomic E-state index is 8.79. The van der Waals surface area contributed by atoms with Crippen LogP contribution < -0.4 is 5.32 Å². The van der Waals surface area contributed by atoms with Crippen LogP contribution in [0.2, 0.25) is 0 Å². The predicted octanol–water partition coefficient (Wildman–Crippen LogP) is 3.01. The second kappa shape index (κ2) is 4.45. The molecule has 1 heterocycles. The number of nitrogens with one attached hydrogen (secondary N) is 1. The van der Waals surface area contributed by atoms with Crippen molar-refractivity contribution in [1.29, 1.82) is 5.26 Å². The van der Waals surface area contributed by atoms with Gasteiger partial charge in [-0.15, -0.1) is 0 Å². The molecule has 1 aromatic heterocycles. The van der Waals surface area contributed by atoms with Gasteiger partial charge in [-0.1, -0.05) is 6.07 Å². The van der Waals surface area contributed by atoms with Gasteiger partial charge in [-0.25, -0.2) is 0 Å². The molecule has 1 N–H and O–H groups in total. The molecule has 0 atom stereocenters. The standard InChI is InChI=1S/C13H11N3/c1-10-13(6-3-7-15-10)16-12-5-2-4-11(8-12)9-14/h2-8,16H,1H3. The highest BCUT2D eigenvalue weighted by molar-refractivity contribution is 5.62. The second-order valence-corrected chi connectivity index (χ2v) is 3.45. The van der Waals surface area contributed by atoms with Crippen LogP contribution >= 0.6 is 0 Å². The third-order valence-corrected chi connectivity index (χ3v) is 2.28. The van der Waals surface area contributed by atoms with E-state index in [0.29, 0.717) is 5.56 Å². The molecule has 0 spiro atoms. The maximum absolute atomic E-state index is 8.79. The lowest BCUT2D eigenvalue weighted by atomic mass is 10.2. The van der Waals surface area contributed by atoms with Crippen molar-refractivity contribution in [2.24, 2.45) is 0 Å². The van der Waals surface area contributed by atoms with Crippen molar-refractivity contribution in [2.45, 2.75) is 6.92 Å². The van der Waals surface area contributed by atoms with Gasteiger partial charge in [0.25, 0.3) is 0 Å². The first-order valence-corrected chi connectivity index (χ1v) is 4.98. The molecule has 0 saturated heterocycles. The molecule has 2 aromatic rings. The molecule has 0 unspecified atom stereocenters. The number of nitrogens with zero attached hydrogens (tertiary/aromatic N) is 2. The Labute approximate surface area is 94.4 Å². The van der Waals surface area contributed by atoms with Gasteiger partial charge in [0.1, 0.15) is 0 Å². The van der Waals surface area contributed by atoms with Crippen LogP contribution in [0.15, 0.2) is 42.6 Å². The quantitative estimate of drug-likeness (QED) is 0.827. The van der Waals surface area contributed by atoms with E-state index >= 15 is 0 Å². The Balaban J connectivity index is 2.28. The number of rotatable bonds is 2. The van der Waals surface area contributed by atoms with E-state index in [1.54, 1.807) is 12.3 Å². The third kappa shape index (κ3) is 2.18. The summed E-state index contributed by atoms with van der Waals surface area (Å²) < 4.78 is 0. The minimum atomic E-state index is 0.645. The number of aryl methyl sites for hydroxylation is 1. The minimum Gasteiger partial charge on any atom is -0.354 e. The van der Waals surface area contributed by atoms with Gasteiger partial charge in [-0.2, -0.15) is 5.26 Å². The molecule has 0 amide bonds. The first-order valence-electron chi connectivity index (χ1n) is 4.98. The molecule has 2 rings (SSSR count). The Bertz CT molecular complexity index is 541. The molecule has 0 aliphatic carbocycles.